The molecule has 0 saturated heterocycles. The minimum Gasteiger partial charge on any atom is -0.492 e. The highest BCUT2D eigenvalue weighted by Gasteiger charge is 2.33. The van der Waals surface area contributed by atoms with Crippen molar-refractivity contribution in [3.8, 4) is 5.75 Å². The third-order valence-corrected chi connectivity index (χ3v) is 3.21. The number of imide groups is 1. The fraction of sp³-hybridized carbons (Fsp3) is 0.333. The van der Waals surface area contributed by atoms with Crippen LogP contribution in [0.1, 0.15) is 12.5 Å². The highest BCUT2D eigenvalue weighted by molar-refractivity contribution is 6.17. The molecule has 0 spiro atoms. The second-order valence-corrected chi connectivity index (χ2v) is 4.84. The molecule has 0 fully saturated rings. The van der Waals surface area contributed by atoms with E-state index in [4.69, 9.17) is 9.84 Å². The number of amides is 2. The van der Waals surface area contributed by atoms with Crippen LogP contribution in [0.25, 0.3) is 0 Å². The van der Waals surface area contributed by atoms with Crippen molar-refractivity contribution in [3.05, 3.63) is 35.5 Å². The van der Waals surface area contributed by atoms with E-state index in [1.165, 1.54) is 0 Å². The number of nitrogens with zero attached hydrogens (tertiary/aromatic N) is 1. The van der Waals surface area contributed by atoms with Crippen LogP contribution in [0, 0.1) is 0 Å². The molecule has 9 heteroatoms. The molecule has 0 bridgehead atoms. The minimum absolute atomic E-state index is 0.0788. The number of benzene rings is 1. The van der Waals surface area contributed by atoms with Crippen LogP contribution in [0.5, 0.6) is 5.75 Å². The average Bonchev–Trinajstić information content (AvgIpc) is 2.76. The topological polar surface area (TPSA) is 78.9 Å². The van der Waals surface area contributed by atoms with Crippen molar-refractivity contribution in [3.63, 3.8) is 0 Å². The molecule has 0 unspecified atom stereocenters. The minimum atomic E-state index is -4.56. The molecule has 2 rings (SSSR count). The Morgan fingerprint density at radius 3 is 2.58 bits per heavy atom. The Hall–Kier alpha value is -2.55. The Labute approximate surface area is 135 Å². The second-order valence-electron chi connectivity index (χ2n) is 4.84. The van der Waals surface area contributed by atoms with Gasteiger partial charge in [-0.3, -0.25) is 14.5 Å². The summed E-state index contributed by atoms with van der Waals surface area (Å²) in [5.74, 6) is -1.26. The number of hydrogen-bond acceptors (Lipinski definition) is 5. The summed E-state index contributed by atoms with van der Waals surface area (Å²) in [4.78, 5) is 24.5. The fourth-order valence-corrected chi connectivity index (χ4v) is 2.14. The number of ether oxygens (including phenoxy) is 1. The third kappa shape index (κ3) is 3.67. The molecule has 2 amide bonds. The number of anilines is 1. The van der Waals surface area contributed by atoms with E-state index in [0.29, 0.717) is 0 Å². The zero-order chi connectivity index (χ0) is 17.9. The van der Waals surface area contributed by atoms with Gasteiger partial charge in [-0.2, -0.15) is 13.2 Å². The normalized spacial score (nSPS) is 14.9. The largest absolute Gasteiger partial charge is 0.492 e. The van der Waals surface area contributed by atoms with Crippen molar-refractivity contribution in [1.82, 2.24) is 4.90 Å². The van der Waals surface area contributed by atoms with Crippen LogP contribution in [0.2, 0.25) is 0 Å². The van der Waals surface area contributed by atoms with Gasteiger partial charge in [0.2, 0.25) is 0 Å². The van der Waals surface area contributed by atoms with Gasteiger partial charge in [-0.1, -0.05) is 0 Å². The van der Waals surface area contributed by atoms with E-state index in [1.54, 1.807) is 6.92 Å². The van der Waals surface area contributed by atoms with Gasteiger partial charge in [0.1, 0.15) is 11.4 Å². The van der Waals surface area contributed by atoms with Gasteiger partial charge in [0.25, 0.3) is 11.8 Å². The van der Waals surface area contributed by atoms with Crippen LogP contribution in [0.3, 0.4) is 0 Å². The van der Waals surface area contributed by atoms with Crippen molar-refractivity contribution in [1.29, 1.82) is 0 Å². The van der Waals surface area contributed by atoms with E-state index >= 15 is 0 Å². The monoisotopic (exact) mass is 344 g/mol. The van der Waals surface area contributed by atoms with Crippen LogP contribution in [0.4, 0.5) is 18.9 Å². The third-order valence-electron chi connectivity index (χ3n) is 3.21. The van der Waals surface area contributed by atoms with Crippen LogP contribution >= 0.6 is 0 Å². The van der Waals surface area contributed by atoms with Crippen molar-refractivity contribution < 1.29 is 32.6 Å². The number of carbonyl (C=O) groups is 2. The zero-order valence-corrected chi connectivity index (χ0v) is 12.7. The summed E-state index contributed by atoms with van der Waals surface area (Å²) >= 11 is 0. The Balaban J connectivity index is 2.32. The highest BCUT2D eigenvalue weighted by Crippen LogP contribution is 2.36. The smallest absolute Gasteiger partial charge is 0.416 e. The number of rotatable bonds is 6. The second kappa shape index (κ2) is 6.91. The number of β-amino-alcohol motifs (C(OH)–C–C–N with tert-alkyl or cyclic N) is 1. The summed E-state index contributed by atoms with van der Waals surface area (Å²) in [6.45, 7) is 1.27. The molecule has 0 aromatic heterocycles. The Morgan fingerprint density at radius 1 is 1.29 bits per heavy atom. The SMILES string of the molecule is CCOc1ccc(C(F)(F)F)cc1NC1=CC(=O)N(CCO)C1=O. The van der Waals surface area contributed by atoms with Gasteiger partial charge in [0, 0.05) is 6.08 Å². The molecule has 6 nitrogen and oxygen atoms in total. The highest BCUT2D eigenvalue weighted by atomic mass is 19.4. The van der Waals surface area contributed by atoms with Crippen molar-refractivity contribution in [2.24, 2.45) is 0 Å². The first-order valence-corrected chi connectivity index (χ1v) is 7.07. The van der Waals surface area contributed by atoms with E-state index in [0.717, 1.165) is 29.2 Å². The zero-order valence-electron chi connectivity index (χ0n) is 12.7. The lowest BCUT2D eigenvalue weighted by molar-refractivity contribution is -0.138. The molecule has 1 aromatic carbocycles. The first kappa shape index (κ1) is 17.8. The number of alkyl halides is 3. The van der Waals surface area contributed by atoms with Crippen molar-refractivity contribution >= 4 is 17.5 Å². The van der Waals surface area contributed by atoms with Gasteiger partial charge in [-0.25, -0.2) is 0 Å². The maximum absolute atomic E-state index is 12.9. The van der Waals surface area contributed by atoms with Crippen molar-refractivity contribution in [2.75, 3.05) is 25.1 Å². The number of halogens is 3. The molecular formula is C15H15F3N2O4. The van der Waals surface area contributed by atoms with E-state index in [9.17, 15) is 22.8 Å². The average molecular weight is 344 g/mol. The quantitative estimate of drug-likeness (QED) is 0.769. The summed E-state index contributed by atoms with van der Waals surface area (Å²) < 4.78 is 43.8. The van der Waals surface area contributed by atoms with Gasteiger partial charge < -0.3 is 15.2 Å². The number of aliphatic hydroxyl groups excluding tert-OH is 1. The molecule has 130 valence electrons. The number of aliphatic hydroxyl groups is 1. The number of hydrogen-bond donors (Lipinski definition) is 2. The fourth-order valence-electron chi connectivity index (χ4n) is 2.14. The lowest BCUT2D eigenvalue weighted by atomic mass is 10.1. The molecule has 1 aliphatic rings. The Kier molecular flexibility index (Phi) is 5.13. The van der Waals surface area contributed by atoms with E-state index in [-0.39, 0.29) is 30.3 Å². The first-order chi connectivity index (χ1) is 11.3. The molecule has 0 atom stereocenters. The lowest BCUT2D eigenvalue weighted by Gasteiger charge is -2.16. The summed E-state index contributed by atoms with van der Waals surface area (Å²) in [5.41, 5.74) is -1.18. The molecule has 1 aliphatic heterocycles. The Morgan fingerprint density at radius 2 is 2.00 bits per heavy atom. The summed E-state index contributed by atoms with van der Waals surface area (Å²) in [7, 11) is 0. The standard InChI is InChI=1S/C15H15F3N2O4/c1-2-24-12-4-3-9(15(16,17)18)7-10(12)19-11-8-13(22)20(5-6-21)14(11)23/h3-4,7-8,19,21H,2,5-6H2,1H3. The van der Waals surface area contributed by atoms with Crippen LogP contribution in [-0.2, 0) is 15.8 Å². The van der Waals surface area contributed by atoms with Gasteiger partial charge >= 0.3 is 6.18 Å². The maximum Gasteiger partial charge on any atom is 0.416 e. The molecule has 2 N–H and O–H groups in total. The predicted molar refractivity (Wildman–Crippen MR) is 78.1 cm³/mol. The molecular weight excluding hydrogens is 329 g/mol. The summed E-state index contributed by atoms with van der Waals surface area (Å²) in [5, 5.41) is 11.4. The van der Waals surface area contributed by atoms with Gasteiger partial charge in [0.05, 0.1) is 31.0 Å². The summed E-state index contributed by atoms with van der Waals surface area (Å²) in [6.07, 6.45) is -3.60. The van der Waals surface area contributed by atoms with Crippen molar-refractivity contribution in [2.45, 2.75) is 13.1 Å². The van der Waals surface area contributed by atoms with Gasteiger partial charge in [-0.05, 0) is 25.1 Å². The predicted octanol–water partition coefficient (Wildman–Crippen LogP) is 1.76. The van der Waals surface area contributed by atoms with Gasteiger partial charge in [0.15, 0.2) is 0 Å². The lowest BCUT2D eigenvalue weighted by Crippen LogP contribution is -2.34. The molecule has 0 aliphatic carbocycles. The van der Waals surface area contributed by atoms with Crippen LogP contribution < -0.4 is 10.1 Å². The maximum atomic E-state index is 12.9. The number of nitrogens with one attached hydrogen (secondary N) is 1. The Bertz CT molecular complexity index is 686. The molecule has 1 heterocycles. The van der Waals surface area contributed by atoms with Gasteiger partial charge in [-0.15, -0.1) is 0 Å². The number of carbonyl (C=O) groups excluding carboxylic acids is 2. The molecule has 1 aromatic rings. The molecule has 0 radical (unpaired) electrons. The van der Waals surface area contributed by atoms with E-state index < -0.39 is 30.2 Å². The van der Waals surface area contributed by atoms with Crippen LogP contribution in [-0.4, -0.2) is 41.6 Å². The summed E-state index contributed by atoms with van der Waals surface area (Å²) in [6, 6.07) is 2.81. The molecule has 0 saturated carbocycles. The first-order valence-electron chi connectivity index (χ1n) is 7.07. The van der Waals surface area contributed by atoms with E-state index in [1.807, 2.05) is 0 Å². The van der Waals surface area contributed by atoms with Crippen LogP contribution in [0.15, 0.2) is 30.0 Å². The van der Waals surface area contributed by atoms with E-state index in [2.05, 4.69) is 5.32 Å². The molecule has 24 heavy (non-hydrogen) atoms.